The number of hydrogen-bond acceptors (Lipinski definition) is 4. The van der Waals surface area contributed by atoms with Crippen molar-refractivity contribution in [3.8, 4) is 0 Å². The van der Waals surface area contributed by atoms with E-state index in [1.165, 1.54) is 9.80 Å². The number of aromatic nitrogens is 3. The maximum absolute atomic E-state index is 12.2. The number of aromatic amines is 1. The van der Waals surface area contributed by atoms with Crippen molar-refractivity contribution in [2.75, 3.05) is 27.2 Å². The van der Waals surface area contributed by atoms with Gasteiger partial charge in [0, 0.05) is 27.1 Å². The van der Waals surface area contributed by atoms with Gasteiger partial charge in [0.05, 0.1) is 0 Å². The summed E-state index contributed by atoms with van der Waals surface area (Å²) in [6.07, 6.45) is 1.68. The second-order valence-electron chi connectivity index (χ2n) is 4.46. The van der Waals surface area contributed by atoms with Gasteiger partial charge in [-0.3, -0.25) is 14.7 Å². The highest BCUT2D eigenvalue weighted by molar-refractivity contribution is 5.93. The molecule has 0 saturated carbocycles. The molecule has 0 aromatic carbocycles. The Kier molecular flexibility index (Phi) is 5.47. The number of H-pyrrole nitrogens is 1. The number of rotatable bonds is 6. The van der Waals surface area contributed by atoms with Gasteiger partial charge in [-0.1, -0.05) is 6.92 Å². The van der Waals surface area contributed by atoms with Crippen LogP contribution in [-0.2, 0) is 11.2 Å². The van der Waals surface area contributed by atoms with Gasteiger partial charge < -0.3 is 9.80 Å². The number of amides is 2. The smallest absolute Gasteiger partial charge is 0.293 e. The summed E-state index contributed by atoms with van der Waals surface area (Å²) in [5, 5.41) is 6.64. The monoisotopic (exact) mass is 267 g/mol. The fourth-order valence-electron chi connectivity index (χ4n) is 1.51. The summed E-state index contributed by atoms with van der Waals surface area (Å²) in [4.78, 5) is 30.8. The maximum atomic E-state index is 12.2. The molecule has 0 fully saturated rings. The van der Waals surface area contributed by atoms with Gasteiger partial charge in [0.15, 0.2) is 0 Å². The van der Waals surface area contributed by atoms with Gasteiger partial charge in [-0.15, -0.1) is 5.10 Å². The average molecular weight is 267 g/mol. The van der Waals surface area contributed by atoms with E-state index >= 15 is 0 Å². The first kappa shape index (κ1) is 15.1. The molecule has 0 radical (unpaired) electrons. The van der Waals surface area contributed by atoms with Crippen LogP contribution in [0.5, 0.6) is 0 Å². The Morgan fingerprint density at radius 3 is 2.47 bits per heavy atom. The summed E-state index contributed by atoms with van der Waals surface area (Å²) in [6.45, 7) is 4.33. The third kappa shape index (κ3) is 4.04. The van der Waals surface area contributed by atoms with E-state index in [0.717, 1.165) is 12.8 Å². The summed E-state index contributed by atoms with van der Waals surface area (Å²) in [5.41, 5.74) is 0. The van der Waals surface area contributed by atoms with Crippen LogP contribution in [0.4, 0.5) is 0 Å². The Morgan fingerprint density at radius 1 is 1.26 bits per heavy atom. The summed E-state index contributed by atoms with van der Waals surface area (Å²) in [7, 11) is 3.32. The molecule has 0 atom stereocenters. The van der Waals surface area contributed by atoms with Gasteiger partial charge in [-0.05, 0) is 13.3 Å². The van der Waals surface area contributed by atoms with Crippen molar-refractivity contribution in [3.05, 3.63) is 11.6 Å². The molecule has 1 aromatic rings. The lowest BCUT2D eigenvalue weighted by Crippen LogP contribution is -2.40. The first-order chi connectivity index (χ1) is 8.99. The first-order valence-electron chi connectivity index (χ1n) is 6.40. The molecule has 0 aliphatic heterocycles. The summed E-state index contributed by atoms with van der Waals surface area (Å²) in [6, 6.07) is 0. The second-order valence-corrected chi connectivity index (χ2v) is 4.46. The van der Waals surface area contributed by atoms with E-state index in [-0.39, 0.29) is 24.2 Å². The molecule has 0 saturated heterocycles. The van der Waals surface area contributed by atoms with Crippen LogP contribution < -0.4 is 0 Å². The number of likely N-dealkylation sites (N-methyl/N-ethyl adjacent to an activating group) is 2. The van der Waals surface area contributed by atoms with Gasteiger partial charge in [-0.25, -0.2) is 4.98 Å². The first-order valence-corrected chi connectivity index (χ1v) is 6.40. The van der Waals surface area contributed by atoms with Gasteiger partial charge >= 0.3 is 0 Å². The van der Waals surface area contributed by atoms with Crippen LogP contribution in [0, 0.1) is 0 Å². The van der Waals surface area contributed by atoms with Crippen molar-refractivity contribution in [3.63, 3.8) is 0 Å². The van der Waals surface area contributed by atoms with Crippen molar-refractivity contribution in [1.29, 1.82) is 0 Å². The molecule has 7 nitrogen and oxygen atoms in total. The van der Waals surface area contributed by atoms with Crippen LogP contribution in [-0.4, -0.2) is 64.0 Å². The number of carbonyl (C=O) groups excluding carboxylic acids is 2. The lowest BCUT2D eigenvalue weighted by Gasteiger charge is -2.20. The van der Waals surface area contributed by atoms with Gasteiger partial charge in [0.2, 0.25) is 11.7 Å². The topological polar surface area (TPSA) is 82.2 Å². The van der Waals surface area contributed by atoms with E-state index in [2.05, 4.69) is 15.2 Å². The lowest BCUT2D eigenvalue weighted by atomic mass is 10.3. The summed E-state index contributed by atoms with van der Waals surface area (Å²) >= 11 is 0. The largest absolute Gasteiger partial charge is 0.347 e. The zero-order valence-electron chi connectivity index (χ0n) is 11.9. The van der Waals surface area contributed by atoms with Crippen molar-refractivity contribution in [2.24, 2.45) is 0 Å². The minimum atomic E-state index is -0.323. The molecule has 0 unspecified atom stereocenters. The van der Waals surface area contributed by atoms with Crippen molar-refractivity contribution >= 4 is 11.8 Å². The van der Waals surface area contributed by atoms with Crippen LogP contribution in [0.25, 0.3) is 0 Å². The van der Waals surface area contributed by atoms with E-state index in [1.54, 1.807) is 14.1 Å². The van der Waals surface area contributed by atoms with Gasteiger partial charge in [0.1, 0.15) is 12.4 Å². The Bertz CT molecular complexity index is 441. The van der Waals surface area contributed by atoms with Crippen molar-refractivity contribution in [2.45, 2.75) is 26.7 Å². The third-order valence-electron chi connectivity index (χ3n) is 2.70. The van der Waals surface area contributed by atoms with Crippen molar-refractivity contribution in [1.82, 2.24) is 25.0 Å². The Hall–Kier alpha value is -1.92. The standard InChI is InChI=1S/C12H21N5O2/c1-5-7-9-13-11(15-14-9)12(19)17(6-2)8-10(18)16(3)4/h5-8H2,1-4H3,(H,13,14,15). The second kappa shape index (κ2) is 6.86. The number of nitrogens with one attached hydrogen (secondary N) is 1. The molecule has 2 amide bonds. The minimum absolute atomic E-state index is 0.0417. The Balaban J connectivity index is 2.74. The summed E-state index contributed by atoms with van der Waals surface area (Å²) < 4.78 is 0. The molecule has 1 rings (SSSR count). The fraction of sp³-hybridized carbons (Fsp3) is 0.667. The molecule has 19 heavy (non-hydrogen) atoms. The highest BCUT2D eigenvalue weighted by Crippen LogP contribution is 2.02. The summed E-state index contributed by atoms with van der Waals surface area (Å²) in [5.74, 6) is 0.369. The zero-order chi connectivity index (χ0) is 14.4. The van der Waals surface area contributed by atoms with E-state index in [0.29, 0.717) is 12.4 Å². The SMILES string of the molecule is CCCc1nc(C(=O)N(CC)CC(=O)N(C)C)n[nH]1. The van der Waals surface area contributed by atoms with E-state index in [4.69, 9.17) is 0 Å². The quantitative estimate of drug-likeness (QED) is 0.804. The molecular weight excluding hydrogens is 246 g/mol. The highest BCUT2D eigenvalue weighted by atomic mass is 16.2. The lowest BCUT2D eigenvalue weighted by molar-refractivity contribution is -0.129. The molecule has 0 spiro atoms. The molecule has 1 heterocycles. The van der Waals surface area contributed by atoms with Crippen LogP contribution in [0.15, 0.2) is 0 Å². The molecule has 1 aromatic heterocycles. The molecule has 7 heteroatoms. The minimum Gasteiger partial charge on any atom is -0.347 e. The molecule has 0 aliphatic carbocycles. The molecule has 0 aliphatic rings. The van der Waals surface area contributed by atoms with Crippen LogP contribution in [0.1, 0.15) is 36.7 Å². The van der Waals surface area contributed by atoms with E-state index in [9.17, 15) is 9.59 Å². The zero-order valence-corrected chi connectivity index (χ0v) is 11.9. The molecule has 1 N–H and O–H groups in total. The van der Waals surface area contributed by atoms with Crippen molar-refractivity contribution < 1.29 is 9.59 Å². The Labute approximate surface area is 113 Å². The number of carbonyl (C=O) groups is 2. The predicted molar refractivity (Wildman–Crippen MR) is 70.6 cm³/mol. The van der Waals surface area contributed by atoms with Gasteiger partial charge in [-0.2, -0.15) is 0 Å². The fourth-order valence-corrected chi connectivity index (χ4v) is 1.51. The predicted octanol–water partition coefficient (Wildman–Crippen LogP) is 0.308. The molecular formula is C12H21N5O2. The highest BCUT2D eigenvalue weighted by Gasteiger charge is 2.21. The normalized spacial score (nSPS) is 10.3. The number of aryl methyl sites for hydroxylation is 1. The number of hydrogen-bond donors (Lipinski definition) is 1. The Morgan fingerprint density at radius 2 is 1.95 bits per heavy atom. The molecule has 0 bridgehead atoms. The van der Waals surface area contributed by atoms with Crippen LogP contribution >= 0.6 is 0 Å². The van der Waals surface area contributed by atoms with Crippen LogP contribution in [0.2, 0.25) is 0 Å². The number of nitrogens with zero attached hydrogens (tertiary/aromatic N) is 4. The maximum Gasteiger partial charge on any atom is 0.293 e. The van der Waals surface area contributed by atoms with Gasteiger partial charge in [0.25, 0.3) is 5.91 Å². The van der Waals surface area contributed by atoms with Crippen LogP contribution in [0.3, 0.4) is 0 Å². The third-order valence-corrected chi connectivity index (χ3v) is 2.70. The molecule has 106 valence electrons. The average Bonchev–Trinajstić information content (AvgIpc) is 2.83. The van der Waals surface area contributed by atoms with E-state index in [1.807, 2.05) is 13.8 Å². The van der Waals surface area contributed by atoms with E-state index < -0.39 is 0 Å².